The number of phenols is 1. The number of rotatable bonds is 2. The number of hydrazone groups is 1. The maximum Gasteiger partial charge on any atom is 0.349 e. The number of hydrogen-bond acceptors (Lipinski definition) is 4. The smallest absolute Gasteiger partial charge is 0.349 e. The number of nitrogens with zero attached hydrogens (tertiary/aromatic N) is 1. The maximum absolute atomic E-state index is 10.8. The summed E-state index contributed by atoms with van der Waals surface area (Å²) in [6.45, 7) is 0. The third-order valence-electron chi connectivity index (χ3n) is 2.44. The zero-order valence-corrected chi connectivity index (χ0v) is 9.42. The van der Waals surface area contributed by atoms with Crippen molar-refractivity contribution in [1.82, 2.24) is 10.9 Å². The molecule has 0 aliphatic heterocycles. The Bertz CT molecular complexity index is 610. The molecule has 5 N–H and O–H groups in total. The minimum Gasteiger partial charge on any atom is -0.507 e. The van der Waals surface area contributed by atoms with Crippen molar-refractivity contribution in [3.8, 4) is 5.75 Å². The Labute approximate surface area is 103 Å². The molecule has 0 aliphatic rings. The number of carbonyl (C=O) groups is 1. The molecular weight excluding hydrogens is 232 g/mol. The second-order valence-corrected chi connectivity index (χ2v) is 3.56. The van der Waals surface area contributed by atoms with Gasteiger partial charge in [0.2, 0.25) is 0 Å². The summed E-state index contributed by atoms with van der Waals surface area (Å²) in [6.07, 6.45) is 1.37. The van der Waals surface area contributed by atoms with Crippen LogP contribution in [-0.2, 0) is 0 Å². The Morgan fingerprint density at radius 1 is 1.28 bits per heavy atom. The lowest BCUT2D eigenvalue weighted by atomic mass is 10.0. The van der Waals surface area contributed by atoms with E-state index in [0.717, 1.165) is 10.8 Å². The molecule has 0 fully saturated rings. The van der Waals surface area contributed by atoms with Gasteiger partial charge in [0.25, 0.3) is 0 Å². The van der Waals surface area contributed by atoms with Crippen LogP contribution in [0, 0.1) is 0 Å². The van der Waals surface area contributed by atoms with Gasteiger partial charge in [0.05, 0.1) is 6.21 Å². The lowest BCUT2D eigenvalue weighted by Crippen LogP contribution is -2.37. The number of amides is 2. The highest BCUT2D eigenvalue weighted by atomic mass is 16.3. The summed E-state index contributed by atoms with van der Waals surface area (Å²) < 4.78 is 0. The number of nitrogens with one attached hydrogen (secondary N) is 2. The molecule has 2 aromatic carbocycles. The highest BCUT2D eigenvalue weighted by molar-refractivity contribution is 6.02. The molecule has 92 valence electrons. The number of phenolic OH excluding ortho intramolecular Hbond substituents is 1. The SMILES string of the molecule is NNC(=O)N/N=C/c1c(O)ccc2ccccc12. The van der Waals surface area contributed by atoms with E-state index in [1.807, 2.05) is 35.8 Å². The van der Waals surface area contributed by atoms with E-state index < -0.39 is 6.03 Å². The van der Waals surface area contributed by atoms with E-state index in [2.05, 4.69) is 10.5 Å². The topological polar surface area (TPSA) is 99.7 Å². The van der Waals surface area contributed by atoms with Crippen molar-refractivity contribution in [3.63, 3.8) is 0 Å². The van der Waals surface area contributed by atoms with E-state index in [1.165, 1.54) is 6.21 Å². The minimum absolute atomic E-state index is 0.0902. The second-order valence-electron chi connectivity index (χ2n) is 3.56. The van der Waals surface area contributed by atoms with Crippen molar-refractivity contribution in [3.05, 3.63) is 42.0 Å². The van der Waals surface area contributed by atoms with E-state index in [-0.39, 0.29) is 5.75 Å². The Morgan fingerprint density at radius 2 is 2.06 bits per heavy atom. The van der Waals surface area contributed by atoms with Crippen molar-refractivity contribution >= 4 is 23.0 Å². The molecule has 2 aromatic rings. The number of benzene rings is 2. The van der Waals surface area contributed by atoms with Crippen molar-refractivity contribution < 1.29 is 9.90 Å². The molecule has 0 unspecified atom stereocenters. The first-order valence-corrected chi connectivity index (χ1v) is 5.22. The molecule has 0 saturated heterocycles. The van der Waals surface area contributed by atoms with Gasteiger partial charge < -0.3 is 5.11 Å². The van der Waals surface area contributed by atoms with Crippen LogP contribution in [0.1, 0.15) is 5.56 Å². The van der Waals surface area contributed by atoms with Gasteiger partial charge in [-0.3, -0.25) is 5.43 Å². The maximum atomic E-state index is 10.8. The van der Waals surface area contributed by atoms with E-state index in [1.54, 1.807) is 6.07 Å². The molecule has 6 heteroatoms. The highest BCUT2D eigenvalue weighted by Gasteiger charge is 2.04. The number of urea groups is 1. The van der Waals surface area contributed by atoms with Gasteiger partial charge in [-0.1, -0.05) is 30.3 Å². The first-order valence-electron chi connectivity index (χ1n) is 5.22. The molecule has 0 aliphatic carbocycles. The zero-order valence-electron chi connectivity index (χ0n) is 9.42. The summed E-state index contributed by atoms with van der Waals surface area (Å²) in [5.41, 5.74) is 4.57. The number of hydrogen-bond donors (Lipinski definition) is 4. The first-order chi connectivity index (χ1) is 8.72. The lowest BCUT2D eigenvalue weighted by Gasteiger charge is -2.04. The van der Waals surface area contributed by atoms with Gasteiger partial charge in [0.1, 0.15) is 5.75 Å². The summed E-state index contributed by atoms with van der Waals surface area (Å²) in [4.78, 5) is 10.8. The number of aromatic hydroxyl groups is 1. The largest absolute Gasteiger partial charge is 0.507 e. The lowest BCUT2D eigenvalue weighted by molar-refractivity contribution is 0.241. The van der Waals surface area contributed by atoms with Crippen LogP contribution in [0.15, 0.2) is 41.5 Å². The Balaban J connectivity index is 2.37. The van der Waals surface area contributed by atoms with Crippen LogP contribution in [0.3, 0.4) is 0 Å². The molecule has 0 atom stereocenters. The first kappa shape index (κ1) is 11.9. The number of hydrazine groups is 1. The van der Waals surface area contributed by atoms with Crippen LogP contribution >= 0.6 is 0 Å². The van der Waals surface area contributed by atoms with Crippen molar-refractivity contribution in [2.24, 2.45) is 10.9 Å². The van der Waals surface area contributed by atoms with Crippen LogP contribution in [0.4, 0.5) is 4.79 Å². The number of fused-ring (bicyclic) bond motifs is 1. The number of nitrogens with two attached hydrogens (primary N) is 1. The van der Waals surface area contributed by atoms with Gasteiger partial charge in [-0.15, -0.1) is 0 Å². The van der Waals surface area contributed by atoms with Crippen molar-refractivity contribution in [1.29, 1.82) is 0 Å². The van der Waals surface area contributed by atoms with E-state index in [0.29, 0.717) is 5.56 Å². The zero-order chi connectivity index (χ0) is 13.0. The molecule has 18 heavy (non-hydrogen) atoms. The van der Waals surface area contributed by atoms with Crippen LogP contribution in [0.5, 0.6) is 5.75 Å². The third kappa shape index (κ3) is 2.38. The van der Waals surface area contributed by atoms with Crippen LogP contribution in [0.2, 0.25) is 0 Å². The Morgan fingerprint density at radius 3 is 2.83 bits per heavy atom. The average Bonchev–Trinajstić information content (AvgIpc) is 2.41. The molecule has 0 bridgehead atoms. The summed E-state index contributed by atoms with van der Waals surface area (Å²) in [5.74, 6) is 4.98. The third-order valence-corrected chi connectivity index (χ3v) is 2.44. The summed E-state index contributed by atoms with van der Waals surface area (Å²) in [6, 6.07) is 10.3. The summed E-state index contributed by atoms with van der Waals surface area (Å²) in [5, 5.41) is 15.3. The molecular formula is C12H12N4O2. The van der Waals surface area contributed by atoms with Crippen LogP contribution < -0.4 is 16.7 Å². The average molecular weight is 244 g/mol. The van der Waals surface area contributed by atoms with Gasteiger partial charge in [-0.05, 0) is 16.8 Å². The van der Waals surface area contributed by atoms with Gasteiger partial charge in [0, 0.05) is 5.56 Å². The predicted octanol–water partition coefficient (Wildman–Crippen LogP) is 1.05. The minimum atomic E-state index is -0.633. The predicted molar refractivity (Wildman–Crippen MR) is 69.1 cm³/mol. The molecule has 0 spiro atoms. The fraction of sp³-hybridized carbons (Fsp3) is 0. The monoisotopic (exact) mass is 244 g/mol. The molecule has 0 saturated carbocycles. The quantitative estimate of drug-likeness (QED) is 0.275. The number of carbonyl (C=O) groups excluding carboxylic acids is 1. The van der Waals surface area contributed by atoms with E-state index in [4.69, 9.17) is 5.84 Å². The van der Waals surface area contributed by atoms with E-state index in [9.17, 15) is 9.90 Å². The van der Waals surface area contributed by atoms with Crippen molar-refractivity contribution in [2.45, 2.75) is 0 Å². The fourth-order valence-electron chi connectivity index (χ4n) is 1.61. The summed E-state index contributed by atoms with van der Waals surface area (Å²) in [7, 11) is 0. The van der Waals surface area contributed by atoms with Gasteiger partial charge in [0.15, 0.2) is 0 Å². The van der Waals surface area contributed by atoms with Gasteiger partial charge in [-0.2, -0.15) is 5.10 Å². The highest BCUT2D eigenvalue weighted by Crippen LogP contribution is 2.25. The van der Waals surface area contributed by atoms with Gasteiger partial charge >= 0.3 is 6.03 Å². The Kier molecular flexibility index (Phi) is 3.40. The standard InChI is InChI=1S/C12H12N4O2/c13-15-12(18)16-14-7-10-9-4-2-1-3-8(9)5-6-11(10)17/h1-7,17H,13H2,(H2,15,16,18)/b14-7+. The second kappa shape index (κ2) is 5.15. The van der Waals surface area contributed by atoms with Crippen molar-refractivity contribution in [2.75, 3.05) is 0 Å². The van der Waals surface area contributed by atoms with E-state index >= 15 is 0 Å². The van der Waals surface area contributed by atoms with Crippen LogP contribution in [0.25, 0.3) is 10.8 Å². The molecule has 6 nitrogen and oxygen atoms in total. The summed E-state index contributed by atoms with van der Waals surface area (Å²) >= 11 is 0. The Hall–Kier alpha value is -2.60. The molecule has 2 amide bonds. The molecule has 0 heterocycles. The fourth-order valence-corrected chi connectivity index (χ4v) is 1.61. The normalized spacial score (nSPS) is 10.7. The molecule has 0 aromatic heterocycles. The van der Waals surface area contributed by atoms with Crippen LogP contribution in [-0.4, -0.2) is 17.4 Å². The molecule has 2 rings (SSSR count). The molecule has 0 radical (unpaired) electrons. The van der Waals surface area contributed by atoms with Gasteiger partial charge in [-0.25, -0.2) is 16.1 Å².